The summed E-state index contributed by atoms with van der Waals surface area (Å²) < 4.78 is 49.2. The Labute approximate surface area is 99.6 Å². The highest BCUT2D eigenvalue weighted by Crippen LogP contribution is 2.23. The molecule has 0 saturated heterocycles. The first kappa shape index (κ1) is 14.4. The fourth-order valence-corrected chi connectivity index (χ4v) is 1.26. The molecule has 2 N–H and O–H groups in total. The van der Waals surface area contributed by atoms with Crippen LogP contribution in [0.1, 0.15) is 12.5 Å². The summed E-state index contributed by atoms with van der Waals surface area (Å²) >= 11 is 0. The van der Waals surface area contributed by atoms with Crippen LogP contribution in [-0.2, 0) is 10.3 Å². The SMILES string of the molecule is CC(NCC(F)(F)F)(C(=O)O)c1cncc(F)c1. The molecule has 4 nitrogen and oxygen atoms in total. The Hall–Kier alpha value is -1.70. The smallest absolute Gasteiger partial charge is 0.401 e. The van der Waals surface area contributed by atoms with Gasteiger partial charge in [-0.1, -0.05) is 0 Å². The number of rotatable bonds is 4. The van der Waals surface area contributed by atoms with Crippen molar-refractivity contribution in [2.75, 3.05) is 6.54 Å². The second kappa shape index (κ2) is 4.89. The van der Waals surface area contributed by atoms with Crippen molar-refractivity contribution in [3.05, 3.63) is 29.8 Å². The van der Waals surface area contributed by atoms with Gasteiger partial charge in [-0.25, -0.2) is 9.18 Å². The molecule has 0 fully saturated rings. The van der Waals surface area contributed by atoms with Crippen LogP contribution >= 0.6 is 0 Å². The zero-order chi connectivity index (χ0) is 14.0. The fraction of sp³-hybridized carbons (Fsp3) is 0.400. The predicted octanol–water partition coefficient (Wildman–Crippen LogP) is 1.67. The molecule has 0 amide bonds. The van der Waals surface area contributed by atoms with Gasteiger partial charge in [0, 0.05) is 11.8 Å². The summed E-state index contributed by atoms with van der Waals surface area (Å²) in [6.45, 7) is -0.496. The second-order valence-electron chi connectivity index (χ2n) is 3.79. The number of aromatic nitrogens is 1. The Morgan fingerprint density at radius 3 is 2.50 bits per heavy atom. The van der Waals surface area contributed by atoms with Crippen molar-refractivity contribution >= 4 is 5.97 Å². The third-order valence-electron chi connectivity index (χ3n) is 2.35. The number of pyridine rings is 1. The quantitative estimate of drug-likeness (QED) is 0.814. The van der Waals surface area contributed by atoms with Crippen molar-refractivity contribution in [3.8, 4) is 0 Å². The van der Waals surface area contributed by atoms with Crippen molar-refractivity contribution in [1.29, 1.82) is 0 Å². The monoisotopic (exact) mass is 266 g/mol. The van der Waals surface area contributed by atoms with Gasteiger partial charge in [0.25, 0.3) is 0 Å². The van der Waals surface area contributed by atoms with Crippen LogP contribution in [0.2, 0.25) is 0 Å². The van der Waals surface area contributed by atoms with E-state index in [1.54, 1.807) is 0 Å². The molecular weight excluding hydrogens is 256 g/mol. The summed E-state index contributed by atoms with van der Waals surface area (Å²) in [4.78, 5) is 14.5. The van der Waals surface area contributed by atoms with E-state index in [0.29, 0.717) is 0 Å². The predicted molar refractivity (Wildman–Crippen MR) is 53.2 cm³/mol. The van der Waals surface area contributed by atoms with E-state index in [0.717, 1.165) is 25.4 Å². The fourth-order valence-electron chi connectivity index (χ4n) is 1.26. The van der Waals surface area contributed by atoms with Crippen LogP contribution in [0, 0.1) is 5.82 Å². The number of hydrogen-bond acceptors (Lipinski definition) is 3. The van der Waals surface area contributed by atoms with E-state index < -0.39 is 30.0 Å². The van der Waals surface area contributed by atoms with Gasteiger partial charge >= 0.3 is 12.1 Å². The van der Waals surface area contributed by atoms with E-state index in [4.69, 9.17) is 5.11 Å². The largest absolute Gasteiger partial charge is 0.480 e. The van der Waals surface area contributed by atoms with Gasteiger partial charge in [-0.3, -0.25) is 10.3 Å². The number of hydrogen-bond donors (Lipinski definition) is 2. The summed E-state index contributed by atoms with van der Waals surface area (Å²) in [5.74, 6) is -2.38. The van der Waals surface area contributed by atoms with Crippen LogP contribution in [-0.4, -0.2) is 28.8 Å². The van der Waals surface area contributed by atoms with Gasteiger partial charge in [0.05, 0.1) is 12.7 Å². The lowest BCUT2D eigenvalue weighted by Crippen LogP contribution is -2.50. The van der Waals surface area contributed by atoms with Crippen LogP contribution in [0.25, 0.3) is 0 Å². The zero-order valence-electron chi connectivity index (χ0n) is 9.25. The van der Waals surface area contributed by atoms with E-state index in [2.05, 4.69) is 4.98 Å². The summed E-state index contributed by atoms with van der Waals surface area (Å²) in [5, 5.41) is 10.8. The molecule has 1 aromatic heterocycles. The first-order valence-electron chi connectivity index (χ1n) is 4.81. The van der Waals surface area contributed by atoms with Gasteiger partial charge in [-0.05, 0) is 13.0 Å². The summed E-state index contributed by atoms with van der Waals surface area (Å²) in [6.07, 6.45) is -2.74. The average molecular weight is 266 g/mol. The van der Waals surface area contributed by atoms with E-state index in [9.17, 15) is 22.4 Å². The standard InChI is InChI=1S/C10H10F4N2O2/c1-9(8(17)18,16-5-10(12,13)14)6-2-7(11)4-15-3-6/h2-4,16H,5H2,1H3,(H,17,18). The highest BCUT2D eigenvalue weighted by Gasteiger charge is 2.39. The lowest BCUT2D eigenvalue weighted by molar-refractivity contribution is -0.150. The van der Waals surface area contributed by atoms with Crippen molar-refractivity contribution in [3.63, 3.8) is 0 Å². The number of carbonyl (C=O) groups is 1. The third-order valence-corrected chi connectivity index (χ3v) is 2.35. The van der Waals surface area contributed by atoms with Gasteiger partial charge in [0.1, 0.15) is 11.4 Å². The minimum atomic E-state index is -4.57. The van der Waals surface area contributed by atoms with Crippen LogP contribution in [0.15, 0.2) is 18.5 Å². The minimum absolute atomic E-state index is 0.195. The Morgan fingerprint density at radius 1 is 1.44 bits per heavy atom. The van der Waals surface area contributed by atoms with Crippen molar-refractivity contribution in [1.82, 2.24) is 10.3 Å². The molecule has 0 aromatic carbocycles. The highest BCUT2D eigenvalue weighted by atomic mass is 19.4. The van der Waals surface area contributed by atoms with Crippen LogP contribution < -0.4 is 5.32 Å². The maximum absolute atomic E-state index is 12.9. The number of carboxylic acid groups (broad SMARTS) is 1. The Morgan fingerprint density at radius 2 is 2.06 bits per heavy atom. The van der Waals surface area contributed by atoms with Crippen molar-refractivity contribution in [2.45, 2.75) is 18.6 Å². The molecule has 8 heteroatoms. The number of nitrogens with one attached hydrogen (secondary N) is 1. The maximum atomic E-state index is 12.9. The minimum Gasteiger partial charge on any atom is -0.480 e. The summed E-state index contributed by atoms with van der Waals surface area (Å²) in [6, 6.07) is 0.824. The number of aliphatic carboxylic acids is 1. The maximum Gasteiger partial charge on any atom is 0.401 e. The molecule has 1 rings (SSSR count). The molecule has 0 saturated carbocycles. The zero-order valence-corrected chi connectivity index (χ0v) is 9.25. The molecular formula is C10H10F4N2O2. The van der Waals surface area contributed by atoms with Gasteiger partial charge in [-0.15, -0.1) is 0 Å². The lowest BCUT2D eigenvalue weighted by Gasteiger charge is -2.27. The summed E-state index contributed by atoms with van der Waals surface area (Å²) in [7, 11) is 0. The van der Waals surface area contributed by atoms with Gasteiger partial charge in [0.2, 0.25) is 0 Å². The van der Waals surface area contributed by atoms with Gasteiger partial charge in [-0.2, -0.15) is 13.2 Å². The number of halogens is 4. The molecule has 0 aliphatic carbocycles. The Bertz CT molecular complexity index is 450. The normalized spacial score (nSPS) is 15.2. The molecule has 1 unspecified atom stereocenters. The number of alkyl halides is 3. The molecule has 1 atom stereocenters. The Kier molecular flexibility index (Phi) is 3.90. The number of carboxylic acids is 1. The molecule has 18 heavy (non-hydrogen) atoms. The molecule has 1 heterocycles. The lowest BCUT2D eigenvalue weighted by atomic mass is 9.93. The molecule has 0 aliphatic rings. The topological polar surface area (TPSA) is 62.2 Å². The van der Waals surface area contributed by atoms with Crippen LogP contribution in [0.5, 0.6) is 0 Å². The number of nitrogens with zero attached hydrogens (tertiary/aromatic N) is 1. The van der Waals surface area contributed by atoms with E-state index in [-0.39, 0.29) is 5.56 Å². The molecule has 100 valence electrons. The molecule has 0 bridgehead atoms. The van der Waals surface area contributed by atoms with Crippen molar-refractivity contribution < 1.29 is 27.5 Å². The van der Waals surface area contributed by atoms with Crippen LogP contribution in [0.3, 0.4) is 0 Å². The average Bonchev–Trinajstić information content (AvgIpc) is 2.24. The van der Waals surface area contributed by atoms with E-state index in [1.165, 1.54) is 0 Å². The molecule has 0 aliphatic heterocycles. The third kappa shape index (κ3) is 3.39. The van der Waals surface area contributed by atoms with Crippen molar-refractivity contribution in [2.24, 2.45) is 0 Å². The molecule has 0 radical (unpaired) electrons. The Balaban J connectivity index is 3.04. The first-order chi connectivity index (χ1) is 8.15. The van der Waals surface area contributed by atoms with E-state index in [1.807, 2.05) is 5.32 Å². The summed E-state index contributed by atoms with van der Waals surface area (Å²) in [5.41, 5.74) is -2.26. The second-order valence-corrected chi connectivity index (χ2v) is 3.79. The van der Waals surface area contributed by atoms with Crippen LogP contribution in [0.4, 0.5) is 17.6 Å². The molecule has 1 aromatic rings. The molecule has 0 spiro atoms. The first-order valence-corrected chi connectivity index (χ1v) is 4.81. The van der Waals surface area contributed by atoms with Gasteiger partial charge < -0.3 is 5.11 Å². The highest BCUT2D eigenvalue weighted by molar-refractivity contribution is 5.80. The van der Waals surface area contributed by atoms with Gasteiger partial charge in [0.15, 0.2) is 0 Å². The van der Waals surface area contributed by atoms with E-state index >= 15 is 0 Å².